The molecule has 6 nitrogen and oxygen atoms in total. The van der Waals surface area contributed by atoms with Gasteiger partial charge in [-0.25, -0.2) is 0 Å². The van der Waals surface area contributed by atoms with Crippen molar-refractivity contribution in [3.63, 3.8) is 0 Å². The van der Waals surface area contributed by atoms with Crippen LogP contribution in [0.4, 0.5) is 0 Å². The highest BCUT2D eigenvalue weighted by Gasteiger charge is 2.27. The van der Waals surface area contributed by atoms with Crippen molar-refractivity contribution in [3.05, 3.63) is 47.5 Å². The zero-order valence-electron chi connectivity index (χ0n) is 14.4. The first-order valence-electron chi connectivity index (χ1n) is 9.22. The summed E-state index contributed by atoms with van der Waals surface area (Å²) in [6.07, 6.45) is 8.45. The lowest BCUT2D eigenvalue weighted by Crippen LogP contribution is -2.40. The Bertz CT molecular complexity index is 710. The van der Waals surface area contributed by atoms with Gasteiger partial charge in [0.1, 0.15) is 5.69 Å². The summed E-state index contributed by atoms with van der Waals surface area (Å²) in [5, 5.41) is 10.2. The molecule has 4 rings (SSSR count). The lowest BCUT2D eigenvalue weighted by Gasteiger charge is -2.32. The molecule has 0 radical (unpaired) electrons. The van der Waals surface area contributed by atoms with Crippen molar-refractivity contribution in [2.24, 2.45) is 5.92 Å². The van der Waals surface area contributed by atoms with Crippen LogP contribution in [0.2, 0.25) is 0 Å². The number of aromatic amines is 1. The normalized spacial score (nSPS) is 21.2. The molecule has 0 spiro atoms. The van der Waals surface area contributed by atoms with Crippen LogP contribution >= 0.6 is 0 Å². The largest absolute Gasteiger partial charge is 0.350 e. The van der Waals surface area contributed by atoms with E-state index in [4.69, 9.17) is 0 Å². The van der Waals surface area contributed by atoms with Crippen molar-refractivity contribution in [2.75, 3.05) is 19.6 Å². The molecule has 2 aliphatic rings. The summed E-state index contributed by atoms with van der Waals surface area (Å²) in [5.41, 5.74) is 2.92. The molecule has 25 heavy (non-hydrogen) atoms. The van der Waals surface area contributed by atoms with Gasteiger partial charge in [-0.05, 0) is 61.9 Å². The molecule has 1 aliphatic carbocycles. The zero-order chi connectivity index (χ0) is 17.1. The summed E-state index contributed by atoms with van der Waals surface area (Å²) in [4.78, 5) is 18.8. The first-order valence-corrected chi connectivity index (χ1v) is 9.22. The van der Waals surface area contributed by atoms with Crippen LogP contribution in [0.5, 0.6) is 0 Å². The van der Waals surface area contributed by atoms with Crippen molar-refractivity contribution < 1.29 is 4.79 Å². The highest BCUT2D eigenvalue weighted by atomic mass is 16.1. The minimum Gasteiger partial charge on any atom is -0.350 e. The van der Waals surface area contributed by atoms with E-state index in [1.165, 1.54) is 31.2 Å². The van der Waals surface area contributed by atoms with E-state index in [0.717, 1.165) is 31.9 Å². The molecule has 1 amide bonds. The molecular formula is C19H25N5O. The maximum absolute atomic E-state index is 12.3. The fourth-order valence-electron chi connectivity index (χ4n) is 3.59. The second-order valence-corrected chi connectivity index (χ2v) is 7.29. The zero-order valence-corrected chi connectivity index (χ0v) is 14.4. The van der Waals surface area contributed by atoms with E-state index < -0.39 is 0 Å². The number of pyridine rings is 1. The van der Waals surface area contributed by atoms with Gasteiger partial charge in [0.05, 0.1) is 0 Å². The third-order valence-electron chi connectivity index (χ3n) is 5.16. The SMILES string of the molecule is O=C(NC[C@H]1CCCN(Cc2ccncc2)C1)c1cc(C2CC2)[nH]n1. The van der Waals surface area contributed by atoms with E-state index in [1.54, 1.807) is 0 Å². The Balaban J connectivity index is 1.26. The monoisotopic (exact) mass is 339 g/mol. The molecule has 132 valence electrons. The Morgan fingerprint density at radius 1 is 1.28 bits per heavy atom. The van der Waals surface area contributed by atoms with Crippen LogP contribution in [0, 0.1) is 5.92 Å². The van der Waals surface area contributed by atoms with E-state index in [1.807, 2.05) is 18.5 Å². The van der Waals surface area contributed by atoms with E-state index in [0.29, 0.717) is 17.5 Å². The molecule has 1 saturated heterocycles. The summed E-state index contributed by atoms with van der Waals surface area (Å²) in [7, 11) is 0. The number of carbonyl (C=O) groups is 1. The summed E-state index contributed by atoms with van der Waals surface area (Å²) in [6.45, 7) is 3.82. The predicted molar refractivity (Wildman–Crippen MR) is 95.1 cm³/mol. The smallest absolute Gasteiger partial charge is 0.271 e. The molecule has 1 aliphatic heterocycles. The van der Waals surface area contributed by atoms with E-state index in [2.05, 4.69) is 37.5 Å². The van der Waals surface area contributed by atoms with Gasteiger partial charge < -0.3 is 5.32 Å². The van der Waals surface area contributed by atoms with Crippen molar-refractivity contribution >= 4 is 5.91 Å². The second kappa shape index (κ2) is 7.35. The number of piperidine rings is 1. The van der Waals surface area contributed by atoms with Gasteiger partial charge in [0.25, 0.3) is 5.91 Å². The molecule has 2 aromatic rings. The average molecular weight is 339 g/mol. The fourth-order valence-corrected chi connectivity index (χ4v) is 3.59. The molecule has 6 heteroatoms. The molecular weight excluding hydrogens is 314 g/mol. The summed E-state index contributed by atoms with van der Waals surface area (Å²) < 4.78 is 0. The Morgan fingerprint density at radius 3 is 2.92 bits per heavy atom. The van der Waals surface area contributed by atoms with Crippen LogP contribution in [0.15, 0.2) is 30.6 Å². The third-order valence-corrected chi connectivity index (χ3v) is 5.16. The lowest BCUT2D eigenvalue weighted by atomic mass is 9.97. The number of amides is 1. The van der Waals surface area contributed by atoms with Crippen LogP contribution in [0.1, 0.15) is 53.3 Å². The average Bonchev–Trinajstić information content (AvgIpc) is 3.38. The topological polar surface area (TPSA) is 73.9 Å². The maximum atomic E-state index is 12.3. The van der Waals surface area contributed by atoms with Gasteiger partial charge in [-0.3, -0.25) is 19.8 Å². The first-order chi connectivity index (χ1) is 12.3. The van der Waals surface area contributed by atoms with Crippen molar-refractivity contribution in [1.82, 2.24) is 25.4 Å². The Hall–Kier alpha value is -2.21. The molecule has 0 bridgehead atoms. The number of hydrogen-bond donors (Lipinski definition) is 2. The van der Waals surface area contributed by atoms with E-state index in [9.17, 15) is 4.79 Å². The number of nitrogens with zero attached hydrogens (tertiary/aromatic N) is 3. The molecule has 1 saturated carbocycles. The quantitative estimate of drug-likeness (QED) is 0.847. The predicted octanol–water partition coefficient (Wildman–Crippen LogP) is 2.32. The van der Waals surface area contributed by atoms with Gasteiger partial charge >= 0.3 is 0 Å². The molecule has 1 atom stereocenters. The number of aromatic nitrogens is 3. The number of carbonyl (C=O) groups excluding carboxylic acids is 1. The second-order valence-electron chi connectivity index (χ2n) is 7.29. The number of nitrogens with one attached hydrogen (secondary N) is 2. The van der Waals surface area contributed by atoms with Crippen LogP contribution < -0.4 is 5.32 Å². The minimum absolute atomic E-state index is 0.0607. The molecule has 0 aromatic carbocycles. The minimum atomic E-state index is -0.0607. The number of rotatable bonds is 6. The Morgan fingerprint density at radius 2 is 2.12 bits per heavy atom. The summed E-state index contributed by atoms with van der Waals surface area (Å²) in [6, 6.07) is 6.05. The first kappa shape index (κ1) is 16.3. The molecule has 3 heterocycles. The van der Waals surface area contributed by atoms with Gasteiger partial charge in [0, 0.05) is 43.6 Å². The molecule has 2 aromatic heterocycles. The van der Waals surface area contributed by atoms with Gasteiger partial charge in [-0.1, -0.05) is 0 Å². The molecule has 2 N–H and O–H groups in total. The Labute approximate surface area is 148 Å². The Kier molecular flexibility index (Phi) is 4.78. The summed E-state index contributed by atoms with van der Waals surface area (Å²) >= 11 is 0. The van der Waals surface area contributed by atoms with E-state index in [-0.39, 0.29) is 5.91 Å². The van der Waals surface area contributed by atoms with Gasteiger partial charge in [0.15, 0.2) is 0 Å². The van der Waals surface area contributed by atoms with Crippen LogP contribution in [-0.2, 0) is 6.54 Å². The highest BCUT2D eigenvalue weighted by molar-refractivity contribution is 5.92. The number of likely N-dealkylation sites (tertiary alicyclic amines) is 1. The highest BCUT2D eigenvalue weighted by Crippen LogP contribution is 2.38. The van der Waals surface area contributed by atoms with Crippen molar-refractivity contribution in [3.8, 4) is 0 Å². The van der Waals surface area contributed by atoms with Crippen molar-refractivity contribution in [2.45, 2.75) is 38.1 Å². The van der Waals surface area contributed by atoms with Crippen LogP contribution in [-0.4, -0.2) is 45.6 Å². The standard InChI is InChI=1S/C19H25N5O/c25-19(18-10-17(22-23-18)16-3-4-16)21-11-15-2-1-9-24(13-15)12-14-5-7-20-8-6-14/h5-8,10,15-16H,1-4,9,11-13H2,(H,21,25)(H,22,23)/t15-/m1/s1. The maximum Gasteiger partial charge on any atom is 0.271 e. The van der Waals surface area contributed by atoms with Crippen LogP contribution in [0.25, 0.3) is 0 Å². The van der Waals surface area contributed by atoms with E-state index >= 15 is 0 Å². The molecule has 2 fully saturated rings. The number of H-pyrrole nitrogens is 1. The van der Waals surface area contributed by atoms with Crippen LogP contribution in [0.3, 0.4) is 0 Å². The van der Waals surface area contributed by atoms with Gasteiger partial charge in [0.2, 0.25) is 0 Å². The van der Waals surface area contributed by atoms with Gasteiger partial charge in [-0.15, -0.1) is 0 Å². The number of hydrogen-bond acceptors (Lipinski definition) is 4. The fraction of sp³-hybridized carbons (Fsp3) is 0.526. The van der Waals surface area contributed by atoms with Crippen molar-refractivity contribution in [1.29, 1.82) is 0 Å². The molecule has 0 unspecified atom stereocenters. The third kappa shape index (κ3) is 4.25. The summed E-state index contributed by atoms with van der Waals surface area (Å²) in [5.74, 6) is 1.03. The van der Waals surface area contributed by atoms with Gasteiger partial charge in [-0.2, -0.15) is 5.10 Å². The lowest BCUT2D eigenvalue weighted by molar-refractivity contribution is 0.0925.